The average molecular weight is 402 g/mol. The monoisotopic (exact) mass is 402 g/mol. The molecule has 0 bridgehead atoms. The Balaban J connectivity index is 1.54. The van der Waals surface area contributed by atoms with Crippen LogP contribution in [-0.2, 0) is 6.54 Å². The maximum absolute atomic E-state index is 12.6. The van der Waals surface area contributed by atoms with Gasteiger partial charge in [-0.3, -0.25) is 4.79 Å². The van der Waals surface area contributed by atoms with E-state index in [0.29, 0.717) is 30.2 Å². The average Bonchev–Trinajstić information content (AvgIpc) is 3.17. The number of methoxy groups -OCH3 is 2. The number of amides is 1. The quantitative estimate of drug-likeness (QED) is 0.512. The molecule has 1 amide bonds. The number of aromatic nitrogens is 3. The van der Waals surface area contributed by atoms with Gasteiger partial charge in [0, 0.05) is 30.4 Å². The van der Waals surface area contributed by atoms with Crippen LogP contribution in [0.4, 0.5) is 0 Å². The van der Waals surface area contributed by atoms with E-state index in [4.69, 9.17) is 14.5 Å². The van der Waals surface area contributed by atoms with Gasteiger partial charge in [0.15, 0.2) is 17.1 Å². The summed E-state index contributed by atoms with van der Waals surface area (Å²) in [5, 5.41) is 2.96. The third-order valence-corrected chi connectivity index (χ3v) is 4.80. The molecule has 0 radical (unpaired) electrons. The predicted molar refractivity (Wildman–Crippen MR) is 115 cm³/mol. The summed E-state index contributed by atoms with van der Waals surface area (Å²) in [5.74, 6) is 1.73. The van der Waals surface area contributed by atoms with Gasteiger partial charge in [0.25, 0.3) is 5.91 Å². The molecule has 4 rings (SSSR count). The van der Waals surface area contributed by atoms with Gasteiger partial charge in [0.2, 0.25) is 0 Å². The molecule has 2 aromatic carbocycles. The zero-order valence-electron chi connectivity index (χ0n) is 16.8. The lowest BCUT2D eigenvalue weighted by atomic mass is 10.2. The number of imidazole rings is 1. The van der Waals surface area contributed by atoms with Crippen molar-refractivity contribution in [2.75, 3.05) is 20.8 Å². The molecule has 1 N–H and O–H groups in total. The second kappa shape index (κ2) is 8.65. The Morgan fingerprint density at radius 3 is 2.57 bits per heavy atom. The molecule has 2 heterocycles. The van der Waals surface area contributed by atoms with Gasteiger partial charge in [-0.1, -0.05) is 30.3 Å². The zero-order chi connectivity index (χ0) is 20.9. The van der Waals surface area contributed by atoms with Gasteiger partial charge in [-0.2, -0.15) is 0 Å². The van der Waals surface area contributed by atoms with Crippen molar-refractivity contribution in [1.82, 2.24) is 19.9 Å². The molecule has 0 saturated heterocycles. The maximum atomic E-state index is 12.6. The lowest BCUT2D eigenvalue weighted by molar-refractivity contribution is 0.0952. The summed E-state index contributed by atoms with van der Waals surface area (Å²) in [5.41, 5.74) is 3.12. The molecule has 2 aromatic heterocycles. The minimum Gasteiger partial charge on any atom is -0.493 e. The number of nitrogens with zero attached hydrogens (tertiary/aromatic N) is 3. The normalized spacial score (nSPS) is 10.7. The fraction of sp³-hybridized carbons (Fsp3) is 0.174. The number of fused-ring (bicyclic) bond motifs is 1. The fourth-order valence-electron chi connectivity index (χ4n) is 3.34. The van der Waals surface area contributed by atoms with Gasteiger partial charge in [0.1, 0.15) is 11.3 Å². The molecule has 0 saturated carbocycles. The number of rotatable bonds is 7. The van der Waals surface area contributed by atoms with E-state index in [1.165, 1.54) is 0 Å². The highest BCUT2D eigenvalue weighted by molar-refractivity contribution is 5.94. The second-order valence-electron chi connectivity index (χ2n) is 6.62. The molecule has 4 aromatic rings. The molecule has 0 atom stereocenters. The molecule has 0 unspecified atom stereocenters. The molecule has 7 heteroatoms. The van der Waals surface area contributed by atoms with Crippen molar-refractivity contribution in [2.24, 2.45) is 0 Å². The van der Waals surface area contributed by atoms with Crippen molar-refractivity contribution in [2.45, 2.75) is 6.54 Å². The van der Waals surface area contributed by atoms with E-state index in [2.05, 4.69) is 10.3 Å². The molecule has 30 heavy (non-hydrogen) atoms. The number of hydrogen-bond acceptors (Lipinski definition) is 5. The molecule has 0 fully saturated rings. The maximum Gasteiger partial charge on any atom is 0.251 e. The van der Waals surface area contributed by atoms with Crippen LogP contribution < -0.4 is 14.8 Å². The van der Waals surface area contributed by atoms with E-state index in [9.17, 15) is 4.79 Å². The summed E-state index contributed by atoms with van der Waals surface area (Å²) < 4.78 is 12.5. The van der Waals surface area contributed by atoms with E-state index in [0.717, 1.165) is 22.6 Å². The smallest absolute Gasteiger partial charge is 0.251 e. The SMILES string of the molecule is COc1ccc(C(=O)NCCn2c(-c3ccccc3)nc3cccnc32)cc1OC. The number of nitrogens with one attached hydrogen (secondary N) is 1. The largest absolute Gasteiger partial charge is 0.493 e. The van der Waals surface area contributed by atoms with E-state index in [-0.39, 0.29) is 5.91 Å². The summed E-state index contributed by atoms with van der Waals surface area (Å²) >= 11 is 0. The van der Waals surface area contributed by atoms with Crippen LogP contribution in [0.5, 0.6) is 11.5 Å². The molecule has 0 aliphatic rings. The van der Waals surface area contributed by atoms with E-state index < -0.39 is 0 Å². The summed E-state index contributed by atoms with van der Waals surface area (Å²) in [4.78, 5) is 21.8. The first-order chi connectivity index (χ1) is 14.7. The Morgan fingerprint density at radius 1 is 1.00 bits per heavy atom. The third-order valence-electron chi connectivity index (χ3n) is 4.80. The molecule has 7 nitrogen and oxygen atoms in total. The first kappa shape index (κ1) is 19.4. The summed E-state index contributed by atoms with van der Waals surface area (Å²) in [7, 11) is 3.10. The van der Waals surface area contributed by atoms with Crippen LogP contribution in [-0.4, -0.2) is 41.2 Å². The molecular weight excluding hydrogens is 380 g/mol. The molecule has 152 valence electrons. The Kier molecular flexibility index (Phi) is 5.61. The van der Waals surface area contributed by atoms with Crippen molar-refractivity contribution in [3.63, 3.8) is 0 Å². The van der Waals surface area contributed by atoms with E-state index >= 15 is 0 Å². The van der Waals surface area contributed by atoms with Gasteiger partial charge in [0.05, 0.1) is 14.2 Å². The summed E-state index contributed by atoms with van der Waals surface area (Å²) in [6.07, 6.45) is 1.75. The highest BCUT2D eigenvalue weighted by Gasteiger charge is 2.14. The topological polar surface area (TPSA) is 78.3 Å². The molecule has 0 aliphatic heterocycles. The van der Waals surface area contributed by atoms with E-state index in [1.54, 1.807) is 38.6 Å². The number of hydrogen-bond donors (Lipinski definition) is 1. The van der Waals surface area contributed by atoms with Gasteiger partial charge >= 0.3 is 0 Å². The Hall–Kier alpha value is -3.87. The Bertz CT molecular complexity index is 1170. The Morgan fingerprint density at radius 2 is 1.80 bits per heavy atom. The molecule has 0 spiro atoms. The zero-order valence-corrected chi connectivity index (χ0v) is 16.8. The number of benzene rings is 2. The van der Waals surface area contributed by atoms with Crippen LogP contribution in [0.2, 0.25) is 0 Å². The lowest BCUT2D eigenvalue weighted by Crippen LogP contribution is -2.27. The molecule has 0 aliphatic carbocycles. The predicted octanol–water partition coefficient (Wildman–Crippen LogP) is 3.55. The summed E-state index contributed by atoms with van der Waals surface area (Å²) in [6.45, 7) is 0.964. The van der Waals surface area contributed by atoms with Crippen molar-refractivity contribution < 1.29 is 14.3 Å². The lowest BCUT2D eigenvalue weighted by Gasteiger charge is -2.12. The number of pyridine rings is 1. The second-order valence-corrected chi connectivity index (χ2v) is 6.62. The highest BCUT2D eigenvalue weighted by Crippen LogP contribution is 2.27. The van der Waals surface area contributed by atoms with Gasteiger partial charge in [-0.15, -0.1) is 0 Å². The van der Waals surface area contributed by atoms with Crippen LogP contribution >= 0.6 is 0 Å². The van der Waals surface area contributed by atoms with Gasteiger partial charge in [-0.05, 0) is 30.3 Å². The van der Waals surface area contributed by atoms with Crippen molar-refractivity contribution >= 4 is 17.1 Å². The number of carbonyl (C=O) groups excluding carboxylic acids is 1. The van der Waals surface area contributed by atoms with Crippen LogP contribution in [0.1, 0.15) is 10.4 Å². The minimum atomic E-state index is -0.186. The standard InChI is InChI=1S/C23H22N4O3/c1-29-19-11-10-17(15-20(19)30-2)23(28)25-13-14-27-21(16-7-4-3-5-8-16)26-18-9-6-12-24-22(18)27/h3-12,15H,13-14H2,1-2H3,(H,25,28). The minimum absolute atomic E-state index is 0.186. The fourth-order valence-corrected chi connectivity index (χ4v) is 3.34. The highest BCUT2D eigenvalue weighted by atomic mass is 16.5. The van der Waals surface area contributed by atoms with Gasteiger partial charge in [-0.25, -0.2) is 9.97 Å². The molecular formula is C23H22N4O3. The van der Waals surface area contributed by atoms with E-state index in [1.807, 2.05) is 47.0 Å². The third kappa shape index (κ3) is 3.82. The van der Waals surface area contributed by atoms with Crippen molar-refractivity contribution in [3.05, 3.63) is 72.4 Å². The summed E-state index contributed by atoms with van der Waals surface area (Å²) in [6, 6.07) is 18.8. The first-order valence-corrected chi connectivity index (χ1v) is 9.58. The van der Waals surface area contributed by atoms with Gasteiger partial charge < -0.3 is 19.4 Å². The number of ether oxygens (including phenoxy) is 2. The Labute approximate surface area is 174 Å². The van der Waals surface area contributed by atoms with Crippen LogP contribution in [0.3, 0.4) is 0 Å². The first-order valence-electron chi connectivity index (χ1n) is 9.58. The van der Waals surface area contributed by atoms with Crippen LogP contribution in [0, 0.1) is 0 Å². The van der Waals surface area contributed by atoms with Crippen LogP contribution in [0.15, 0.2) is 66.9 Å². The van der Waals surface area contributed by atoms with Crippen molar-refractivity contribution in [3.8, 4) is 22.9 Å². The van der Waals surface area contributed by atoms with Crippen molar-refractivity contribution in [1.29, 1.82) is 0 Å². The van der Waals surface area contributed by atoms with Crippen LogP contribution in [0.25, 0.3) is 22.6 Å². The number of carbonyl (C=O) groups is 1.